The van der Waals surface area contributed by atoms with Gasteiger partial charge in [-0.15, -0.1) is 0 Å². The first kappa shape index (κ1) is 47.5. The molecule has 1 unspecified atom stereocenters. The molecule has 2 heterocycles. The minimum atomic E-state index is -0.444. The van der Waals surface area contributed by atoms with Crippen LogP contribution in [0.5, 0.6) is 23.0 Å². The first-order valence-electron chi connectivity index (χ1n) is 23.4. The fraction of sp³-hybridized carbons (Fsp3) is 0.491. The molecule has 0 aromatic heterocycles. The van der Waals surface area contributed by atoms with Crippen molar-refractivity contribution in [1.29, 1.82) is 0 Å². The third-order valence-corrected chi connectivity index (χ3v) is 12.9. The van der Waals surface area contributed by atoms with E-state index in [0.29, 0.717) is 88.5 Å². The highest BCUT2D eigenvalue weighted by Crippen LogP contribution is 2.48. The van der Waals surface area contributed by atoms with Crippen LogP contribution in [0.2, 0.25) is 0 Å². The molecular formula is C53H64O12. The molecule has 0 spiro atoms. The van der Waals surface area contributed by atoms with Gasteiger partial charge in [0.15, 0.2) is 5.75 Å². The molecule has 348 valence electrons. The zero-order valence-electron chi connectivity index (χ0n) is 38.2. The number of benzene rings is 4. The van der Waals surface area contributed by atoms with Gasteiger partial charge < -0.3 is 38.0 Å². The number of unbranched alkanes of at least 4 members (excludes halogenated alkanes) is 4. The van der Waals surface area contributed by atoms with Gasteiger partial charge in [0, 0.05) is 18.8 Å². The molecule has 0 N–H and O–H groups in total. The van der Waals surface area contributed by atoms with Crippen molar-refractivity contribution >= 4 is 17.9 Å². The molecule has 0 radical (unpaired) electrons. The van der Waals surface area contributed by atoms with Crippen LogP contribution < -0.4 is 19.1 Å². The number of carbonyl (C=O) groups is 3. The van der Waals surface area contributed by atoms with Crippen molar-refractivity contribution in [1.82, 2.24) is 0 Å². The van der Waals surface area contributed by atoms with E-state index in [1.165, 1.54) is 0 Å². The molecule has 4 aromatic carbocycles. The summed E-state index contributed by atoms with van der Waals surface area (Å²) in [5.74, 6) is 1.90. The topological polar surface area (TPSA) is 134 Å². The van der Waals surface area contributed by atoms with Crippen molar-refractivity contribution in [2.24, 2.45) is 10.8 Å². The number of fused-ring (bicyclic) bond motifs is 3. The van der Waals surface area contributed by atoms with Crippen molar-refractivity contribution in [3.8, 4) is 34.1 Å². The standard InChI is InChI=1S/C53H64O12/c1-4-44-47-29-42(64-51(56)39-17-21-41(22-18-39)60-28-12-8-10-14-50(55)62-37-53(6-3)34-58-35-53)23-25-45(47)46-26-24-43(30-48(44)46)65-63-31-38-15-19-40(20-16-38)59-27-11-7-9-13-49(54)61-36-52(5-2)32-57-33-52/h15-26,29-30,44H,4-14,27-28,31-37H2,1-3H3. The maximum atomic E-state index is 13.2. The summed E-state index contributed by atoms with van der Waals surface area (Å²) in [6.45, 7) is 11.3. The maximum Gasteiger partial charge on any atom is 0.343 e. The first-order chi connectivity index (χ1) is 31.7. The first-order valence-corrected chi connectivity index (χ1v) is 23.4. The zero-order chi connectivity index (χ0) is 45.5. The van der Waals surface area contributed by atoms with E-state index in [0.717, 1.165) is 91.4 Å². The molecular weight excluding hydrogens is 829 g/mol. The Morgan fingerprint density at radius 1 is 0.585 bits per heavy atom. The number of rotatable bonds is 27. The fourth-order valence-electron chi connectivity index (χ4n) is 8.22. The highest BCUT2D eigenvalue weighted by molar-refractivity contribution is 5.91. The molecule has 0 amide bonds. The van der Waals surface area contributed by atoms with Crippen molar-refractivity contribution in [2.45, 2.75) is 104 Å². The van der Waals surface area contributed by atoms with E-state index in [9.17, 15) is 14.4 Å². The van der Waals surface area contributed by atoms with Crippen molar-refractivity contribution < 1.29 is 57.3 Å². The maximum absolute atomic E-state index is 13.2. The van der Waals surface area contributed by atoms with E-state index in [1.54, 1.807) is 24.3 Å². The van der Waals surface area contributed by atoms with E-state index in [4.69, 9.17) is 42.9 Å². The monoisotopic (exact) mass is 892 g/mol. The van der Waals surface area contributed by atoms with Crippen molar-refractivity contribution in [3.63, 3.8) is 0 Å². The Bertz CT molecular complexity index is 2160. The van der Waals surface area contributed by atoms with Crippen molar-refractivity contribution in [2.75, 3.05) is 52.9 Å². The van der Waals surface area contributed by atoms with Gasteiger partial charge in [0.1, 0.15) is 37.1 Å². The summed E-state index contributed by atoms with van der Waals surface area (Å²) >= 11 is 0. The van der Waals surface area contributed by atoms with Crippen LogP contribution in [0.4, 0.5) is 0 Å². The molecule has 1 atom stereocenters. The van der Waals surface area contributed by atoms with Crippen LogP contribution in [0.3, 0.4) is 0 Å². The second-order valence-corrected chi connectivity index (χ2v) is 17.7. The Morgan fingerprint density at radius 2 is 1.08 bits per heavy atom. The second-order valence-electron chi connectivity index (χ2n) is 17.7. The van der Waals surface area contributed by atoms with Crippen LogP contribution in [0, 0.1) is 10.8 Å². The Balaban J connectivity index is 0.783. The highest BCUT2D eigenvalue weighted by atomic mass is 17.2. The van der Waals surface area contributed by atoms with E-state index in [-0.39, 0.29) is 35.3 Å². The van der Waals surface area contributed by atoms with E-state index in [1.807, 2.05) is 60.7 Å². The van der Waals surface area contributed by atoms with E-state index >= 15 is 0 Å². The average molecular weight is 893 g/mol. The summed E-state index contributed by atoms with van der Waals surface area (Å²) in [4.78, 5) is 48.8. The lowest BCUT2D eigenvalue weighted by atomic mass is 9.84. The Labute approximate surface area is 383 Å². The highest BCUT2D eigenvalue weighted by Gasteiger charge is 2.39. The van der Waals surface area contributed by atoms with E-state index < -0.39 is 5.97 Å². The third kappa shape index (κ3) is 12.9. The lowest BCUT2D eigenvalue weighted by molar-refractivity contribution is -0.217. The lowest BCUT2D eigenvalue weighted by Crippen LogP contribution is -2.46. The molecule has 2 saturated heterocycles. The number of hydrogen-bond donors (Lipinski definition) is 0. The smallest absolute Gasteiger partial charge is 0.343 e. The molecule has 7 rings (SSSR count). The normalized spacial score (nSPS) is 16.3. The van der Waals surface area contributed by atoms with Crippen LogP contribution in [0.1, 0.15) is 124 Å². The SMILES string of the molecule is CCC1c2cc(OOCc3ccc(OCCCCCC(=O)OCC4(CC)COC4)cc3)ccc2-c2ccc(OC(=O)c3ccc(OCCCCCC(=O)OCC4(CC)COC4)cc3)cc21. The van der Waals surface area contributed by atoms with Crippen LogP contribution in [-0.4, -0.2) is 70.8 Å². The molecule has 2 aliphatic heterocycles. The predicted molar refractivity (Wildman–Crippen MR) is 244 cm³/mol. The largest absolute Gasteiger partial charge is 0.494 e. The second kappa shape index (κ2) is 23.2. The molecule has 0 saturated carbocycles. The molecule has 1 aliphatic carbocycles. The molecule has 12 heteroatoms. The number of hydrogen-bond acceptors (Lipinski definition) is 12. The Kier molecular flexibility index (Phi) is 16.9. The van der Waals surface area contributed by atoms with Gasteiger partial charge in [-0.05, 0) is 146 Å². The quantitative estimate of drug-likeness (QED) is 0.0185. The molecule has 4 aromatic rings. The Morgan fingerprint density at radius 3 is 1.57 bits per heavy atom. The minimum Gasteiger partial charge on any atom is -0.494 e. The van der Waals surface area contributed by atoms with Crippen LogP contribution in [-0.2, 0) is 40.0 Å². The number of carbonyl (C=O) groups excluding carboxylic acids is 3. The Hall–Kier alpha value is -5.43. The van der Waals surface area contributed by atoms with Crippen LogP contribution in [0.15, 0.2) is 84.9 Å². The van der Waals surface area contributed by atoms with E-state index in [2.05, 4.69) is 20.8 Å². The van der Waals surface area contributed by atoms with Gasteiger partial charge in [-0.3, -0.25) is 9.59 Å². The summed E-state index contributed by atoms with van der Waals surface area (Å²) in [7, 11) is 0. The van der Waals surface area contributed by atoms with Gasteiger partial charge >= 0.3 is 17.9 Å². The van der Waals surface area contributed by atoms with Crippen molar-refractivity contribution in [3.05, 3.63) is 107 Å². The summed E-state index contributed by atoms with van der Waals surface area (Å²) in [5.41, 5.74) is 5.86. The number of esters is 3. The zero-order valence-corrected chi connectivity index (χ0v) is 38.2. The summed E-state index contributed by atoms with van der Waals surface area (Å²) in [6.07, 6.45) is 8.51. The number of ether oxygens (including phenoxy) is 7. The van der Waals surface area contributed by atoms with Gasteiger partial charge in [0.25, 0.3) is 0 Å². The third-order valence-electron chi connectivity index (χ3n) is 12.9. The molecule has 65 heavy (non-hydrogen) atoms. The van der Waals surface area contributed by atoms with Gasteiger partial charge in [-0.1, -0.05) is 45.0 Å². The predicted octanol–water partition coefficient (Wildman–Crippen LogP) is 10.8. The summed E-state index contributed by atoms with van der Waals surface area (Å²) in [6, 6.07) is 26.5. The fourth-order valence-corrected chi connectivity index (χ4v) is 8.22. The molecule has 2 fully saturated rings. The minimum absolute atomic E-state index is 0.00707. The van der Waals surface area contributed by atoms with Crippen LogP contribution in [0.25, 0.3) is 11.1 Å². The van der Waals surface area contributed by atoms with Gasteiger partial charge in [0.05, 0.1) is 56.0 Å². The lowest BCUT2D eigenvalue weighted by Gasteiger charge is -2.39. The van der Waals surface area contributed by atoms with Crippen LogP contribution >= 0.6 is 0 Å². The van der Waals surface area contributed by atoms with Gasteiger partial charge in [0.2, 0.25) is 0 Å². The summed E-state index contributed by atoms with van der Waals surface area (Å²) in [5, 5.41) is 0. The molecule has 3 aliphatic rings. The summed E-state index contributed by atoms with van der Waals surface area (Å²) < 4.78 is 39.2. The molecule has 0 bridgehead atoms. The molecule has 12 nitrogen and oxygen atoms in total. The average Bonchev–Trinajstić information content (AvgIpc) is 3.60. The van der Waals surface area contributed by atoms with Gasteiger partial charge in [-0.25, -0.2) is 4.79 Å². The van der Waals surface area contributed by atoms with Gasteiger partial charge in [-0.2, -0.15) is 4.89 Å².